The number of sulfonamides is 1. The second-order valence-corrected chi connectivity index (χ2v) is 13.2. The number of nitrogens with zero attached hydrogens (tertiary/aromatic N) is 3. The zero-order valence-electron chi connectivity index (χ0n) is 26.1. The minimum atomic E-state index is -4.72. The number of halogens is 5. The Labute approximate surface area is 276 Å². The highest BCUT2D eigenvalue weighted by Crippen LogP contribution is 2.51. The standard InChI is InChI=1S/C33H28F5N3O7S/c1-45-22-6-4-19(28(13-22)46-2)17-40(31-8-9-48-39-31)49(43,44)30-12-18-5-7-32(42)41(26(18)16-25(30)35)27-15-24(34)23(14-29(27)47-3)20-10-21(11-20)33(36,37)38/h4-9,12-16,20-21H,10-11,17H2,1-3H3. The Morgan fingerprint density at radius 3 is 2.29 bits per heavy atom. The summed E-state index contributed by atoms with van der Waals surface area (Å²) in [5, 5.41) is 3.84. The lowest BCUT2D eigenvalue weighted by molar-refractivity contribution is -0.197. The van der Waals surface area contributed by atoms with Crippen molar-refractivity contribution in [1.29, 1.82) is 0 Å². The van der Waals surface area contributed by atoms with Gasteiger partial charge < -0.3 is 18.7 Å². The largest absolute Gasteiger partial charge is 0.497 e. The van der Waals surface area contributed by atoms with Gasteiger partial charge in [-0.05, 0) is 54.7 Å². The highest BCUT2D eigenvalue weighted by Gasteiger charge is 2.48. The minimum Gasteiger partial charge on any atom is -0.497 e. The first-order chi connectivity index (χ1) is 23.3. The molecule has 10 nitrogen and oxygen atoms in total. The quantitative estimate of drug-likeness (QED) is 0.147. The Morgan fingerprint density at radius 1 is 0.918 bits per heavy atom. The molecule has 2 heterocycles. The lowest BCUT2D eigenvalue weighted by atomic mass is 9.71. The SMILES string of the molecule is COc1ccc(CN(c2ccon2)S(=O)(=O)c2cc3ccc(=O)n(-c4cc(F)c(C5CC(C(F)(F)F)C5)cc4OC)c3cc2F)c(OC)c1. The monoisotopic (exact) mass is 705 g/mol. The normalized spacial score (nSPS) is 16.3. The summed E-state index contributed by atoms with van der Waals surface area (Å²) in [6, 6.07) is 12.4. The van der Waals surface area contributed by atoms with E-state index < -0.39 is 50.1 Å². The van der Waals surface area contributed by atoms with Crippen LogP contribution in [0.15, 0.2) is 81.1 Å². The van der Waals surface area contributed by atoms with Gasteiger partial charge in [-0.2, -0.15) is 13.2 Å². The molecule has 0 amide bonds. The van der Waals surface area contributed by atoms with Gasteiger partial charge in [0, 0.05) is 41.3 Å². The van der Waals surface area contributed by atoms with Crippen molar-refractivity contribution in [1.82, 2.24) is 9.72 Å². The lowest BCUT2D eigenvalue weighted by Crippen LogP contribution is -2.34. The van der Waals surface area contributed by atoms with E-state index in [1.807, 2.05) is 0 Å². The van der Waals surface area contributed by atoms with Crippen LogP contribution in [-0.2, 0) is 16.6 Å². The molecule has 1 saturated carbocycles. The number of hydrogen-bond acceptors (Lipinski definition) is 8. The van der Waals surface area contributed by atoms with Gasteiger partial charge >= 0.3 is 6.18 Å². The van der Waals surface area contributed by atoms with E-state index in [4.69, 9.17) is 18.7 Å². The number of anilines is 1. The van der Waals surface area contributed by atoms with Crippen LogP contribution in [0.1, 0.15) is 29.9 Å². The summed E-state index contributed by atoms with van der Waals surface area (Å²) in [4.78, 5) is 12.4. The van der Waals surface area contributed by atoms with E-state index in [-0.39, 0.29) is 58.9 Å². The fraction of sp³-hybridized carbons (Fsp3) is 0.273. The summed E-state index contributed by atoms with van der Waals surface area (Å²) < 4.78 is 122. The molecule has 16 heteroatoms. The number of alkyl halides is 3. The Morgan fingerprint density at radius 2 is 1.65 bits per heavy atom. The molecule has 5 aromatic rings. The molecule has 1 aliphatic rings. The molecule has 2 aromatic heterocycles. The molecular weight excluding hydrogens is 677 g/mol. The summed E-state index contributed by atoms with van der Waals surface area (Å²) in [5.74, 6) is -3.85. The van der Waals surface area contributed by atoms with Crippen LogP contribution in [0.25, 0.3) is 16.6 Å². The minimum absolute atomic E-state index is 0.00427. The topological polar surface area (TPSA) is 113 Å². The van der Waals surface area contributed by atoms with Gasteiger partial charge in [0.15, 0.2) is 5.82 Å². The first kappa shape index (κ1) is 33.8. The van der Waals surface area contributed by atoms with E-state index in [2.05, 4.69) is 5.16 Å². The third-order valence-corrected chi connectivity index (χ3v) is 10.3. The maximum absolute atomic E-state index is 16.0. The number of benzene rings is 3. The third-order valence-electron chi connectivity index (χ3n) is 8.58. The van der Waals surface area contributed by atoms with Crippen LogP contribution in [0, 0.1) is 17.6 Å². The van der Waals surface area contributed by atoms with Crippen LogP contribution in [-0.4, -0.2) is 45.6 Å². The number of ether oxygens (including phenoxy) is 3. The average molecular weight is 706 g/mol. The van der Waals surface area contributed by atoms with E-state index in [9.17, 15) is 26.4 Å². The molecule has 49 heavy (non-hydrogen) atoms. The van der Waals surface area contributed by atoms with Crippen molar-refractivity contribution in [3.05, 3.63) is 100 Å². The van der Waals surface area contributed by atoms with Crippen LogP contribution in [0.3, 0.4) is 0 Å². The van der Waals surface area contributed by atoms with Gasteiger partial charge in [0.1, 0.15) is 40.0 Å². The molecular formula is C33H28F5N3O7S. The van der Waals surface area contributed by atoms with Crippen molar-refractivity contribution in [2.75, 3.05) is 25.6 Å². The highest BCUT2D eigenvalue weighted by atomic mass is 32.2. The van der Waals surface area contributed by atoms with Gasteiger partial charge in [0.2, 0.25) is 0 Å². The van der Waals surface area contributed by atoms with Gasteiger partial charge in [-0.1, -0.05) is 5.16 Å². The maximum Gasteiger partial charge on any atom is 0.391 e. The number of hydrogen-bond donors (Lipinski definition) is 0. The number of methoxy groups -OCH3 is 3. The molecule has 1 aliphatic carbocycles. The summed E-state index contributed by atoms with van der Waals surface area (Å²) >= 11 is 0. The molecule has 0 bridgehead atoms. The van der Waals surface area contributed by atoms with Gasteiger partial charge in [-0.15, -0.1) is 0 Å². The molecule has 0 aliphatic heterocycles. The molecule has 0 atom stereocenters. The lowest BCUT2D eigenvalue weighted by Gasteiger charge is -2.37. The predicted molar refractivity (Wildman–Crippen MR) is 167 cm³/mol. The second-order valence-electron chi connectivity index (χ2n) is 11.3. The predicted octanol–water partition coefficient (Wildman–Crippen LogP) is 6.73. The fourth-order valence-electron chi connectivity index (χ4n) is 5.91. The van der Waals surface area contributed by atoms with Gasteiger partial charge in [-0.3, -0.25) is 9.36 Å². The zero-order valence-corrected chi connectivity index (χ0v) is 26.9. The van der Waals surface area contributed by atoms with E-state index in [0.717, 1.165) is 39.4 Å². The summed E-state index contributed by atoms with van der Waals surface area (Å²) in [6.45, 7) is -0.355. The Kier molecular flexibility index (Phi) is 8.77. The number of pyridine rings is 1. The highest BCUT2D eigenvalue weighted by molar-refractivity contribution is 7.92. The van der Waals surface area contributed by atoms with Crippen molar-refractivity contribution >= 4 is 26.7 Å². The first-order valence-corrected chi connectivity index (χ1v) is 16.1. The number of rotatable bonds is 10. The van der Waals surface area contributed by atoms with Crippen LogP contribution in [0.2, 0.25) is 0 Å². The van der Waals surface area contributed by atoms with E-state index in [1.165, 1.54) is 39.5 Å². The third kappa shape index (κ3) is 6.16. The smallest absolute Gasteiger partial charge is 0.391 e. The molecule has 258 valence electrons. The molecule has 0 N–H and O–H groups in total. The van der Waals surface area contributed by atoms with Crippen LogP contribution >= 0.6 is 0 Å². The molecule has 0 unspecified atom stereocenters. The van der Waals surface area contributed by atoms with E-state index in [0.29, 0.717) is 11.3 Å². The molecule has 0 saturated heterocycles. The Bertz CT molecular complexity index is 2200. The van der Waals surface area contributed by atoms with Crippen molar-refractivity contribution in [3.8, 4) is 22.9 Å². The van der Waals surface area contributed by atoms with Crippen LogP contribution < -0.4 is 24.1 Å². The number of fused-ring (bicyclic) bond motifs is 1. The zero-order chi connectivity index (χ0) is 35.2. The summed E-state index contributed by atoms with van der Waals surface area (Å²) in [6.07, 6.45) is -3.83. The van der Waals surface area contributed by atoms with Gasteiger partial charge in [0.05, 0.1) is 45.0 Å². The van der Waals surface area contributed by atoms with Gasteiger partial charge in [-0.25, -0.2) is 21.5 Å². The van der Waals surface area contributed by atoms with Crippen LogP contribution in [0.4, 0.5) is 27.8 Å². The Balaban J connectivity index is 1.43. The van der Waals surface area contributed by atoms with E-state index >= 15 is 8.78 Å². The Hall–Kier alpha value is -5.12. The molecule has 0 spiro atoms. The van der Waals surface area contributed by atoms with Gasteiger partial charge in [0.25, 0.3) is 15.6 Å². The second kappa shape index (κ2) is 12.7. The fourth-order valence-corrected chi connectivity index (χ4v) is 7.38. The molecule has 0 radical (unpaired) electrons. The van der Waals surface area contributed by atoms with Crippen molar-refractivity contribution in [3.63, 3.8) is 0 Å². The van der Waals surface area contributed by atoms with Crippen molar-refractivity contribution in [2.45, 2.75) is 36.4 Å². The molecule has 6 rings (SSSR count). The maximum atomic E-state index is 16.0. The molecule has 1 fully saturated rings. The van der Waals surface area contributed by atoms with Crippen molar-refractivity contribution in [2.24, 2.45) is 5.92 Å². The first-order valence-electron chi connectivity index (χ1n) is 14.7. The van der Waals surface area contributed by atoms with E-state index in [1.54, 1.807) is 18.2 Å². The van der Waals surface area contributed by atoms with Crippen molar-refractivity contribution < 1.29 is 49.1 Å². The summed E-state index contributed by atoms with van der Waals surface area (Å²) in [5.41, 5.74) is -0.630. The molecule has 3 aromatic carbocycles. The number of aromatic nitrogens is 2. The summed E-state index contributed by atoms with van der Waals surface area (Å²) in [7, 11) is -0.645. The average Bonchev–Trinajstić information content (AvgIpc) is 3.57. The van der Waals surface area contributed by atoms with Crippen LogP contribution in [0.5, 0.6) is 17.2 Å².